The molecule has 0 aliphatic heterocycles. The van der Waals surface area contributed by atoms with E-state index in [1.54, 1.807) is 0 Å². The predicted molar refractivity (Wildman–Crippen MR) is 91.7 cm³/mol. The van der Waals surface area contributed by atoms with Crippen molar-refractivity contribution in [3.8, 4) is 11.3 Å². The number of aryl methyl sites for hydroxylation is 1. The first-order valence-electron chi connectivity index (χ1n) is 7.85. The quantitative estimate of drug-likeness (QED) is 0.718. The Kier molecular flexibility index (Phi) is 4.51. The first-order chi connectivity index (χ1) is 9.77. The van der Waals surface area contributed by atoms with Gasteiger partial charge in [-0.2, -0.15) is 0 Å². The van der Waals surface area contributed by atoms with E-state index < -0.39 is 0 Å². The van der Waals surface area contributed by atoms with E-state index in [9.17, 15) is 0 Å². The average molecular weight is 281 g/mol. The number of rotatable bonds is 3. The van der Waals surface area contributed by atoms with E-state index in [4.69, 9.17) is 4.98 Å². The molecule has 1 aromatic carbocycles. The summed E-state index contributed by atoms with van der Waals surface area (Å²) >= 11 is 0. The Morgan fingerprint density at radius 2 is 1.57 bits per heavy atom. The maximum absolute atomic E-state index is 4.80. The van der Waals surface area contributed by atoms with E-state index in [1.807, 2.05) is 0 Å². The molecule has 1 nitrogen and oxygen atoms in total. The number of aromatic nitrogens is 1. The molecular weight excluding hydrogens is 254 g/mol. The lowest BCUT2D eigenvalue weighted by Crippen LogP contribution is -2.14. The predicted octanol–water partition coefficient (Wildman–Crippen LogP) is 5.55. The SMILES string of the molecule is Cc1nc(-c2ccc(CC(C)C)cc2)ccc1C(C)(C)C. The second-order valence-corrected chi connectivity index (χ2v) is 7.37. The molecule has 0 fully saturated rings. The molecule has 0 radical (unpaired) electrons. The maximum Gasteiger partial charge on any atom is 0.0705 e. The van der Waals surface area contributed by atoms with Crippen molar-refractivity contribution in [2.24, 2.45) is 5.92 Å². The minimum atomic E-state index is 0.150. The molecule has 0 saturated carbocycles. The Balaban J connectivity index is 2.28. The Hall–Kier alpha value is -1.63. The van der Waals surface area contributed by atoms with E-state index in [0.717, 1.165) is 17.8 Å². The average Bonchev–Trinajstić information content (AvgIpc) is 2.37. The van der Waals surface area contributed by atoms with Crippen LogP contribution in [0.2, 0.25) is 0 Å². The molecule has 0 N–H and O–H groups in total. The summed E-state index contributed by atoms with van der Waals surface area (Å²) in [4.78, 5) is 4.80. The molecule has 1 heteroatoms. The smallest absolute Gasteiger partial charge is 0.0705 e. The Labute approximate surface area is 129 Å². The van der Waals surface area contributed by atoms with Gasteiger partial charge in [0.05, 0.1) is 5.69 Å². The first-order valence-corrected chi connectivity index (χ1v) is 7.85. The summed E-state index contributed by atoms with van der Waals surface area (Å²) in [5, 5.41) is 0. The van der Waals surface area contributed by atoms with Crippen molar-refractivity contribution in [3.63, 3.8) is 0 Å². The van der Waals surface area contributed by atoms with Gasteiger partial charge in [-0.3, -0.25) is 4.98 Å². The molecule has 0 aliphatic carbocycles. The van der Waals surface area contributed by atoms with Crippen molar-refractivity contribution in [3.05, 3.63) is 53.2 Å². The van der Waals surface area contributed by atoms with Crippen LogP contribution in [0.3, 0.4) is 0 Å². The molecule has 1 heterocycles. The molecule has 0 saturated heterocycles. The number of hydrogen-bond acceptors (Lipinski definition) is 1. The van der Waals surface area contributed by atoms with E-state index in [2.05, 4.69) is 77.9 Å². The van der Waals surface area contributed by atoms with Crippen molar-refractivity contribution < 1.29 is 0 Å². The normalized spacial score (nSPS) is 12.0. The van der Waals surface area contributed by atoms with Crippen LogP contribution < -0.4 is 0 Å². The molecular formula is C20H27N. The van der Waals surface area contributed by atoms with Crippen molar-refractivity contribution in [1.29, 1.82) is 0 Å². The van der Waals surface area contributed by atoms with Crippen LogP contribution in [0, 0.1) is 12.8 Å². The molecule has 0 amide bonds. The fourth-order valence-corrected chi connectivity index (χ4v) is 2.80. The fraction of sp³-hybridized carbons (Fsp3) is 0.450. The molecule has 0 spiro atoms. The lowest BCUT2D eigenvalue weighted by Gasteiger charge is -2.21. The van der Waals surface area contributed by atoms with Gasteiger partial charge in [-0.05, 0) is 41.9 Å². The van der Waals surface area contributed by atoms with Gasteiger partial charge in [0.25, 0.3) is 0 Å². The third kappa shape index (κ3) is 3.93. The van der Waals surface area contributed by atoms with Crippen molar-refractivity contribution in [2.75, 3.05) is 0 Å². The van der Waals surface area contributed by atoms with Gasteiger partial charge in [-0.1, -0.05) is 65.0 Å². The van der Waals surface area contributed by atoms with Crippen molar-refractivity contribution in [1.82, 2.24) is 4.98 Å². The van der Waals surface area contributed by atoms with Gasteiger partial charge >= 0.3 is 0 Å². The van der Waals surface area contributed by atoms with Crippen molar-refractivity contribution in [2.45, 2.75) is 53.4 Å². The van der Waals surface area contributed by atoms with Crippen LogP contribution in [0.1, 0.15) is 51.4 Å². The topological polar surface area (TPSA) is 12.9 Å². The Morgan fingerprint density at radius 3 is 2.05 bits per heavy atom. The van der Waals surface area contributed by atoms with Crippen LogP contribution in [-0.2, 0) is 11.8 Å². The van der Waals surface area contributed by atoms with Crippen LogP contribution in [0.4, 0.5) is 0 Å². The third-order valence-electron chi connectivity index (χ3n) is 3.79. The summed E-state index contributed by atoms with van der Waals surface area (Å²) in [6, 6.07) is 13.2. The zero-order valence-corrected chi connectivity index (χ0v) is 14.2. The molecule has 112 valence electrons. The Bertz CT molecular complexity index is 601. The molecule has 0 unspecified atom stereocenters. The Morgan fingerprint density at radius 1 is 0.952 bits per heavy atom. The lowest BCUT2D eigenvalue weighted by atomic mass is 9.86. The number of benzene rings is 1. The molecule has 2 aromatic rings. The minimum absolute atomic E-state index is 0.150. The van der Waals surface area contributed by atoms with E-state index in [0.29, 0.717) is 5.92 Å². The molecule has 0 bridgehead atoms. The van der Waals surface area contributed by atoms with Crippen LogP contribution in [0.15, 0.2) is 36.4 Å². The highest BCUT2D eigenvalue weighted by Crippen LogP contribution is 2.27. The summed E-state index contributed by atoms with van der Waals surface area (Å²) in [7, 11) is 0. The number of nitrogens with zero attached hydrogens (tertiary/aromatic N) is 1. The van der Waals surface area contributed by atoms with E-state index in [-0.39, 0.29) is 5.41 Å². The zero-order valence-electron chi connectivity index (χ0n) is 14.2. The molecule has 1 aromatic heterocycles. The summed E-state index contributed by atoms with van der Waals surface area (Å²) in [6.07, 6.45) is 1.13. The van der Waals surface area contributed by atoms with Gasteiger partial charge in [0.2, 0.25) is 0 Å². The monoisotopic (exact) mass is 281 g/mol. The lowest BCUT2D eigenvalue weighted by molar-refractivity contribution is 0.582. The second kappa shape index (κ2) is 6.01. The molecule has 0 atom stereocenters. The number of pyridine rings is 1. The van der Waals surface area contributed by atoms with E-state index >= 15 is 0 Å². The zero-order chi connectivity index (χ0) is 15.6. The van der Waals surface area contributed by atoms with Crippen LogP contribution in [0.5, 0.6) is 0 Å². The summed E-state index contributed by atoms with van der Waals surface area (Å²) in [6.45, 7) is 13.3. The molecule has 0 aliphatic rings. The molecule has 21 heavy (non-hydrogen) atoms. The number of hydrogen-bond donors (Lipinski definition) is 0. The molecule has 2 rings (SSSR count). The van der Waals surface area contributed by atoms with Crippen LogP contribution >= 0.6 is 0 Å². The van der Waals surface area contributed by atoms with Gasteiger partial charge in [-0.25, -0.2) is 0 Å². The summed E-state index contributed by atoms with van der Waals surface area (Å²) in [5.74, 6) is 0.697. The second-order valence-electron chi connectivity index (χ2n) is 7.37. The van der Waals surface area contributed by atoms with Gasteiger partial charge in [-0.15, -0.1) is 0 Å². The van der Waals surface area contributed by atoms with Gasteiger partial charge in [0.1, 0.15) is 0 Å². The summed E-state index contributed by atoms with van der Waals surface area (Å²) < 4.78 is 0. The highest BCUT2D eigenvalue weighted by atomic mass is 14.7. The van der Waals surface area contributed by atoms with Crippen LogP contribution in [-0.4, -0.2) is 4.98 Å². The van der Waals surface area contributed by atoms with Gasteiger partial charge in [0.15, 0.2) is 0 Å². The standard InChI is InChI=1S/C20H27N/c1-14(2)13-16-7-9-17(10-8-16)19-12-11-18(15(3)21-19)20(4,5)6/h7-12,14H,13H2,1-6H3. The third-order valence-corrected chi connectivity index (χ3v) is 3.79. The van der Waals surface area contributed by atoms with Crippen molar-refractivity contribution >= 4 is 0 Å². The maximum atomic E-state index is 4.80. The van der Waals surface area contributed by atoms with Crippen LogP contribution in [0.25, 0.3) is 11.3 Å². The van der Waals surface area contributed by atoms with Gasteiger partial charge < -0.3 is 0 Å². The van der Waals surface area contributed by atoms with Gasteiger partial charge in [0, 0.05) is 11.3 Å². The fourth-order valence-electron chi connectivity index (χ4n) is 2.80. The first kappa shape index (κ1) is 15.8. The largest absolute Gasteiger partial charge is 0.253 e. The van der Waals surface area contributed by atoms with E-state index in [1.165, 1.54) is 16.7 Å². The summed E-state index contributed by atoms with van der Waals surface area (Å²) in [5.41, 5.74) is 6.27. The minimum Gasteiger partial charge on any atom is -0.253 e. The highest BCUT2D eigenvalue weighted by molar-refractivity contribution is 5.60. The highest BCUT2D eigenvalue weighted by Gasteiger charge is 2.17.